The van der Waals surface area contributed by atoms with E-state index in [-0.39, 0.29) is 0 Å². The normalized spacial score (nSPS) is 10.4. The minimum absolute atomic E-state index is 0.464. The molecule has 1 aromatic heterocycles. The monoisotopic (exact) mass is 159 g/mol. The van der Waals surface area contributed by atoms with E-state index >= 15 is 0 Å². The van der Waals surface area contributed by atoms with Crippen LogP contribution in [-0.2, 0) is 0 Å². The Morgan fingerprint density at radius 3 is 2.83 bits per heavy atom. The summed E-state index contributed by atoms with van der Waals surface area (Å²) < 4.78 is 0. The molecule has 0 unspecified atom stereocenters. The number of fused-ring (bicyclic) bond motifs is 1. The van der Waals surface area contributed by atoms with Crippen molar-refractivity contribution in [2.75, 3.05) is 0 Å². The molecule has 0 fully saturated rings. The first-order valence-electron chi connectivity index (χ1n) is 3.77. The van der Waals surface area contributed by atoms with Gasteiger partial charge in [-0.15, -0.1) is 0 Å². The molecule has 0 aliphatic rings. The second-order valence-electron chi connectivity index (χ2n) is 2.73. The van der Waals surface area contributed by atoms with Crippen LogP contribution in [0.4, 0.5) is 0 Å². The van der Waals surface area contributed by atoms with E-state index in [0.717, 1.165) is 11.0 Å². The zero-order valence-electron chi connectivity index (χ0n) is 6.76. The molecule has 0 atom stereocenters. The Labute approximate surface area is 70.0 Å². The van der Waals surface area contributed by atoms with Gasteiger partial charge in [-0.3, -0.25) is 0 Å². The molecule has 0 saturated carbocycles. The Morgan fingerprint density at radius 2 is 2.17 bits per heavy atom. The van der Waals surface area contributed by atoms with Crippen LogP contribution < -0.4 is 0 Å². The van der Waals surface area contributed by atoms with E-state index in [4.69, 9.17) is 5.41 Å². The smallest absolute Gasteiger partial charge is 0.151 e. The molecule has 0 spiro atoms. The zero-order chi connectivity index (χ0) is 8.55. The van der Waals surface area contributed by atoms with Crippen molar-refractivity contribution in [1.29, 1.82) is 5.41 Å². The number of H-pyrrole nitrogens is 1. The summed E-state index contributed by atoms with van der Waals surface area (Å²) in [6, 6.07) is 7.77. The SMILES string of the molecule is CC(=N)c1nc2ccccc2[nH]1. The first-order chi connectivity index (χ1) is 5.77. The molecular formula is C9H9N3. The first kappa shape index (κ1) is 7.03. The van der Waals surface area contributed by atoms with Crippen LogP contribution in [0, 0.1) is 5.41 Å². The van der Waals surface area contributed by atoms with Crippen LogP contribution in [0.1, 0.15) is 12.7 Å². The number of nitrogens with one attached hydrogen (secondary N) is 2. The molecule has 1 aromatic carbocycles. The summed E-state index contributed by atoms with van der Waals surface area (Å²) in [7, 11) is 0. The fraction of sp³-hybridized carbons (Fsp3) is 0.111. The molecule has 12 heavy (non-hydrogen) atoms. The zero-order valence-corrected chi connectivity index (χ0v) is 6.76. The Bertz CT molecular complexity index is 395. The third-order valence-electron chi connectivity index (χ3n) is 1.74. The molecule has 3 nitrogen and oxygen atoms in total. The highest BCUT2D eigenvalue weighted by atomic mass is 14.9. The summed E-state index contributed by atoms with van der Waals surface area (Å²) in [6.45, 7) is 1.72. The number of aromatic nitrogens is 2. The van der Waals surface area contributed by atoms with E-state index in [0.29, 0.717) is 11.5 Å². The number of hydrogen-bond donors (Lipinski definition) is 2. The number of imidazole rings is 1. The summed E-state index contributed by atoms with van der Waals surface area (Å²) in [4.78, 5) is 7.29. The van der Waals surface area contributed by atoms with Crippen molar-refractivity contribution in [3.8, 4) is 0 Å². The largest absolute Gasteiger partial charge is 0.337 e. The van der Waals surface area contributed by atoms with Gasteiger partial charge < -0.3 is 10.4 Å². The van der Waals surface area contributed by atoms with Crippen LogP contribution in [0.15, 0.2) is 24.3 Å². The summed E-state index contributed by atoms with van der Waals surface area (Å²) in [6.07, 6.45) is 0. The third-order valence-corrected chi connectivity index (χ3v) is 1.74. The lowest BCUT2D eigenvalue weighted by Crippen LogP contribution is -1.93. The molecule has 0 aliphatic carbocycles. The van der Waals surface area contributed by atoms with Gasteiger partial charge in [0.25, 0.3) is 0 Å². The number of rotatable bonds is 1. The highest BCUT2D eigenvalue weighted by molar-refractivity contribution is 5.95. The molecule has 0 radical (unpaired) electrons. The van der Waals surface area contributed by atoms with Crippen molar-refractivity contribution < 1.29 is 0 Å². The highest BCUT2D eigenvalue weighted by Gasteiger charge is 2.01. The van der Waals surface area contributed by atoms with Crippen LogP contribution >= 0.6 is 0 Å². The van der Waals surface area contributed by atoms with Crippen LogP contribution in [0.25, 0.3) is 11.0 Å². The minimum atomic E-state index is 0.464. The third kappa shape index (κ3) is 0.993. The molecule has 2 aromatic rings. The van der Waals surface area contributed by atoms with Crippen LogP contribution in [0.2, 0.25) is 0 Å². The van der Waals surface area contributed by atoms with Gasteiger partial charge in [0, 0.05) is 0 Å². The van der Waals surface area contributed by atoms with Crippen molar-refractivity contribution in [2.24, 2.45) is 0 Å². The minimum Gasteiger partial charge on any atom is -0.337 e. The van der Waals surface area contributed by atoms with Crippen molar-refractivity contribution in [2.45, 2.75) is 6.92 Å². The van der Waals surface area contributed by atoms with Gasteiger partial charge in [-0.05, 0) is 19.1 Å². The van der Waals surface area contributed by atoms with Gasteiger partial charge in [0.15, 0.2) is 5.82 Å². The van der Waals surface area contributed by atoms with Gasteiger partial charge in [-0.1, -0.05) is 12.1 Å². The predicted octanol–water partition coefficient (Wildman–Crippen LogP) is 1.95. The molecule has 3 heteroatoms. The fourth-order valence-corrected chi connectivity index (χ4v) is 1.13. The van der Waals surface area contributed by atoms with E-state index in [1.807, 2.05) is 24.3 Å². The van der Waals surface area contributed by atoms with E-state index in [1.165, 1.54) is 0 Å². The Balaban J connectivity index is 2.70. The van der Waals surface area contributed by atoms with Gasteiger partial charge in [0.05, 0.1) is 16.7 Å². The van der Waals surface area contributed by atoms with Gasteiger partial charge in [0.2, 0.25) is 0 Å². The topological polar surface area (TPSA) is 52.5 Å². The van der Waals surface area contributed by atoms with Crippen LogP contribution in [0.5, 0.6) is 0 Å². The predicted molar refractivity (Wildman–Crippen MR) is 48.6 cm³/mol. The molecule has 1 heterocycles. The van der Waals surface area contributed by atoms with Gasteiger partial charge in [-0.25, -0.2) is 4.98 Å². The average Bonchev–Trinajstić information content (AvgIpc) is 2.46. The molecule has 2 rings (SSSR count). The van der Waals surface area contributed by atoms with E-state index in [9.17, 15) is 0 Å². The molecule has 0 saturated heterocycles. The fourth-order valence-electron chi connectivity index (χ4n) is 1.13. The van der Waals surface area contributed by atoms with E-state index in [2.05, 4.69) is 9.97 Å². The van der Waals surface area contributed by atoms with Crippen molar-refractivity contribution in [3.63, 3.8) is 0 Å². The Morgan fingerprint density at radius 1 is 1.42 bits per heavy atom. The lowest BCUT2D eigenvalue weighted by molar-refractivity contribution is 1.25. The maximum Gasteiger partial charge on any atom is 0.151 e. The standard InChI is InChI=1S/C9H9N3/c1-6(10)9-11-7-4-2-3-5-8(7)12-9/h2-5,10H,1H3,(H,11,12). The van der Waals surface area contributed by atoms with E-state index < -0.39 is 0 Å². The molecule has 0 aliphatic heterocycles. The molecule has 0 amide bonds. The number of aromatic amines is 1. The Kier molecular flexibility index (Phi) is 1.43. The quantitative estimate of drug-likeness (QED) is 0.614. The van der Waals surface area contributed by atoms with Crippen molar-refractivity contribution in [3.05, 3.63) is 30.1 Å². The molecular weight excluding hydrogens is 150 g/mol. The number of benzene rings is 1. The number of para-hydroxylation sites is 2. The number of nitrogens with zero attached hydrogens (tertiary/aromatic N) is 1. The van der Waals surface area contributed by atoms with Gasteiger partial charge >= 0.3 is 0 Å². The second-order valence-corrected chi connectivity index (χ2v) is 2.73. The van der Waals surface area contributed by atoms with Gasteiger partial charge in [-0.2, -0.15) is 0 Å². The molecule has 0 bridgehead atoms. The maximum absolute atomic E-state index is 7.37. The number of hydrogen-bond acceptors (Lipinski definition) is 2. The Hall–Kier alpha value is -1.64. The van der Waals surface area contributed by atoms with Crippen molar-refractivity contribution in [1.82, 2.24) is 9.97 Å². The van der Waals surface area contributed by atoms with E-state index in [1.54, 1.807) is 6.92 Å². The lowest BCUT2D eigenvalue weighted by atomic mass is 10.3. The lowest BCUT2D eigenvalue weighted by Gasteiger charge is -1.85. The molecule has 2 N–H and O–H groups in total. The van der Waals surface area contributed by atoms with Crippen LogP contribution in [-0.4, -0.2) is 15.7 Å². The summed E-state index contributed by atoms with van der Waals surface area (Å²) >= 11 is 0. The molecule has 60 valence electrons. The van der Waals surface area contributed by atoms with Crippen LogP contribution in [0.3, 0.4) is 0 Å². The summed E-state index contributed by atoms with van der Waals surface area (Å²) in [5.41, 5.74) is 2.37. The van der Waals surface area contributed by atoms with Crippen molar-refractivity contribution >= 4 is 16.7 Å². The average molecular weight is 159 g/mol. The van der Waals surface area contributed by atoms with Gasteiger partial charge in [0.1, 0.15) is 0 Å². The maximum atomic E-state index is 7.37. The second kappa shape index (κ2) is 2.44. The highest BCUT2D eigenvalue weighted by Crippen LogP contribution is 2.09. The summed E-state index contributed by atoms with van der Waals surface area (Å²) in [5, 5.41) is 7.37. The first-order valence-corrected chi connectivity index (χ1v) is 3.77. The summed E-state index contributed by atoms with van der Waals surface area (Å²) in [5.74, 6) is 0.649.